The molecule has 0 saturated carbocycles. The number of benzene rings is 2. The highest BCUT2D eigenvalue weighted by Crippen LogP contribution is 2.31. The summed E-state index contributed by atoms with van der Waals surface area (Å²) in [5, 5.41) is 3.66. The minimum atomic E-state index is -0.428. The smallest absolute Gasteiger partial charge is 0.265 e. The summed E-state index contributed by atoms with van der Waals surface area (Å²) in [5.41, 5.74) is 1.55. The maximum atomic E-state index is 12.8. The number of hydrogen-bond donors (Lipinski definition) is 1. The molecule has 7 nitrogen and oxygen atoms in total. The zero-order chi connectivity index (χ0) is 21.1. The van der Waals surface area contributed by atoms with Crippen molar-refractivity contribution in [1.29, 1.82) is 0 Å². The number of nitrogens with one attached hydrogen (secondary N) is 1. The second kappa shape index (κ2) is 8.59. The van der Waals surface area contributed by atoms with E-state index in [0.29, 0.717) is 22.3 Å². The van der Waals surface area contributed by atoms with E-state index < -0.39 is 6.04 Å². The third-order valence-electron chi connectivity index (χ3n) is 5.00. The summed E-state index contributed by atoms with van der Waals surface area (Å²) in [6.07, 6.45) is 3.66. The number of ether oxygens (including phenoxy) is 1. The van der Waals surface area contributed by atoms with Gasteiger partial charge in [0.15, 0.2) is 6.61 Å². The van der Waals surface area contributed by atoms with E-state index in [-0.39, 0.29) is 31.4 Å². The molecule has 1 N–H and O–H groups in total. The maximum absolute atomic E-state index is 12.8. The number of carbonyl (C=O) groups excluding carboxylic acids is 2. The number of nitrogens with zero attached hydrogens (tertiary/aromatic N) is 3. The van der Waals surface area contributed by atoms with Crippen molar-refractivity contribution in [3.63, 3.8) is 0 Å². The van der Waals surface area contributed by atoms with Gasteiger partial charge in [-0.25, -0.2) is 4.98 Å². The van der Waals surface area contributed by atoms with Gasteiger partial charge in [0.05, 0.1) is 5.69 Å². The number of halogens is 1. The summed E-state index contributed by atoms with van der Waals surface area (Å²) in [7, 11) is 1.88. The van der Waals surface area contributed by atoms with Gasteiger partial charge in [0, 0.05) is 37.4 Å². The number of amides is 2. The summed E-state index contributed by atoms with van der Waals surface area (Å²) in [6.45, 7) is 0.234. The topological polar surface area (TPSA) is 76.5 Å². The molecule has 0 radical (unpaired) electrons. The summed E-state index contributed by atoms with van der Waals surface area (Å²) >= 11 is 6.01. The Morgan fingerprint density at radius 1 is 1.23 bits per heavy atom. The number of aromatic nitrogens is 2. The van der Waals surface area contributed by atoms with Crippen molar-refractivity contribution in [2.24, 2.45) is 7.05 Å². The number of para-hydroxylation sites is 2. The molecule has 0 spiro atoms. The molecule has 154 valence electrons. The van der Waals surface area contributed by atoms with E-state index in [4.69, 9.17) is 16.3 Å². The second-order valence-electron chi connectivity index (χ2n) is 7.00. The Bertz CT molecular complexity index is 1060. The van der Waals surface area contributed by atoms with E-state index in [9.17, 15) is 9.59 Å². The molecule has 0 aliphatic carbocycles. The van der Waals surface area contributed by atoms with Crippen LogP contribution in [0.15, 0.2) is 60.9 Å². The predicted molar refractivity (Wildman–Crippen MR) is 114 cm³/mol. The number of fused-ring (bicyclic) bond motifs is 1. The zero-order valence-electron chi connectivity index (χ0n) is 16.4. The van der Waals surface area contributed by atoms with Gasteiger partial charge in [0.2, 0.25) is 5.91 Å². The third kappa shape index (κ3) is 4.16. The monoisotopic (exact) mass is 424 g/mol. The predicted octanol–water partition coefficient (Wildman–Crippen LogP) is 3.09. The third-order valence-corrected chi connectivity index (χ3v) is 5.25. The Morgan fingerprint density at radius 3 is 2.73 bits per heavy atom. The summed E-state index contributed by atoms with van der Waals surface area (Å²) < 4.78 is 7.32. The fraction of sp³-hybridized carbons (Fsp3) is 0.227. The molecule has 1 aliphatic rings. The molecule has 1 atom stereocenters. The highest BCUT2D eigenvalue weighted by atomic mass is 35.5. The minimum Gasteiger partial charge on any atom is -0.482 e. The lowest BCUT2D eigenvalue weighted by Gasteiger charge is -2.29. The molecule has 2 amide bonds. The maximum Gasteiger partial charge on any atom is 0.265 e. The first-order chi connectivity index (χ1) is 14.5. The molecular weight excluding hydrogens is 404 g/mol. The van der Waals surface area contributed by atoms with Crippen LogP contribution in [0.3, 0.4) is 0 Å². The number of rotatable bonds is 6. The average Bonchev–Trinajstić information content (AvgIpc) is 3.17. The number of imidazole rings is 1. The van der Waals surface area contributed by atoms with Crippen LogP contribution in [0.2, 0.25) is 5.02 Å². The Hall–Kier alpha value is -3.32. The lowest BCUT2D eigenvalue weighted by Crippen LogP contribution is -2.41. The average molecular weight is 425 g/mol. The molecular formula is C22H21ClN4O3. The molecule has 1 aromatic heterocycles. The molecule has 8 heteroatoms. The van der Waals surface area contributed by atoms with Crippen LogP contribution in [-0.4, -0.2) is 34.5 Å². The Balaban J connectivity index is 1.49. The minimum absolute atomic E-state index is 0.0285. The van der Waals surface area contributed by atoms with Crippen LogP contribution in [0.5, 0.6) is 5.75 Å². The van der Waals surface area contributed by atoms with Gasteiger partial charge in [-0.15, -0.1) is 0 Å². The van der Waals surface area contributed by atoms with E-state index in [0.717, 1.165) is 5.56 Å². The van der Waals surface area contributed by atoms with Gasteiger partial charge in [0.25, 0.3) is 5.91 Å². The summed E-state index contributed by atoms with van der Waals surface area (Å²) in [5.74, 6) is 0.998. The highest BCUT2D eigenvalue weighted by molar-refractivity contribution is 6.30. The molecule has 2 aromatic carbocycles. The zero-order valence-corrected chi connectivity index (χ0v) is 17.2. The number of aryl methyl sites for hydroxylation is 1. The van der Waals surface area contributed by atoms with Crippen molar-refractivity contribution in [3.8, 4) is 5.75 Å². The van der Waals surface area contributed by atoms with E-state index in [2.05, 4.69) is 10.3 Å². The molecule has 1 aliphatic heterocycles. The Kier molecular flexibility index (Phi) is 5.72. The number of hydrogen-bond acceptors (Lipinski definition) is 4. The van der Waals surface area contributed by atoms with Crippen LogP contribution in [0.1, 0.15) is 23.9 Å². The lowest BCUT2D eigenvalue weighted by molar-refractivity contribution is -0.122. The van der Waals surface area contributed by atoms with Crippen LogP contribution in [0.4, 0.5) is 5.69 Å². The van der Waals surface area contributed by atoms with Crippen molar-refractivity contribution in [1.82, 2.24) is 14.9 Å². The molecule has 0 unspecified atom stereocenters. The van der Waals surface area contributed by atoms with E-state index in [1.54, 1.807) is 23.2 Å². The van der Waals surface area contributed by atoms with E-state index in [1.807, 2.05) is 54.2 Å². The second-order valence-corrected chi connectivity index (χ2v) is 7.44. The SMILES string of the molecule is Cn1ccnc1[C@@H](NC(=O)CCN1C(=O)COc2ccccc21)c1ccc(Cl)cc1. The lowest BCUT2D eigenvalue weighted by atomic mass is 10.1. The van der Waals surface area contributed by atoms with Gasteiger partial charge < -0.3 is 19.5 Å². The van der Waals surface area contributed by atoms with E-state index >= 15 is 0 Å². The summed E-state index contributed by atoms with van der Waals surface area (Å²) in [6, 6.07) is 14.2. The first kappa shape index (κ1) is 20.0. The van der Waals surface area contributed by atoms with Crippen LogP contribution in [0.25, 0.3) is 0 Å². The van der Waals surface area contributed by atoms with Crippen LogP contribution in [-0.2, 0) is 16.6 Å². The van der Waals surface area contributed by atoms with Gasteiger partial charge in [-0.05, 0) is 29.8 Å². The number of anilines is 1. The van der Waals surface area contributed by atoms with Crippen molar-refractivity contribution in [2.45, 2.75) is 12.5 Å². The molecule has 30 heavy (non-hydrogen) atoms. The quantitative estimate of drug-likeness (QED) is 0.659. The Labute approximate surface area is 179 Å². The molecule has 4 rings (SSSR count). The van der Waals surface area contributed by atoms with Crippen molar-refractivity contribution < 1.29 is 14.3 Å². The first-order valence-corrected chi connectivity index (χ1v) is 9.95. The van der Waals surface area contributed by atoms with Crippen molar-refractivity contribution in [3.05, 3.63) is 77.3 Å². The highest BCUT2D eigenvalue weighted by Gasteiger charge is 2.26. The molecule has 0 saturated heterocycles. The standard InChI is InChI=1S/C22H21ClN4O3/c1-26-13-11-24-22(26)21(15-6-8-16(23)9-7-15)25-19(28)10-12-27-17-4-2-3-5-18(17)30-14-20(27)29/h2-9,11,13,21H,10,12,14H2,1H3,(H,25,28)/t21-/m0/s1. The normalized spacial score (nSPS) is 14.1. The van der Waals surface area contributed by atoms with Crippen LogP contribution >= 0.6 is 11.6 Å². The first-order valence-electron chi connectivity index (χ1n) is 9.57. The fourth-order valence-electron chi connectivity index (χ4n) is 3.45. The Morgan fingerprint density at radius 2 is 2.00 bits per heavy atom. The molecule has 0 bridgehead atoms. The van der Waals surface area contributed by atoms with Crippen LogP contribution < -0.4 is 15.0 Å². The number of carbonyl (C=O) groups is 2. The molecule has 0 fully saturated rings. The molecule has 2 heterocycles. The van der Waals surface area contributed by atoms with Gasteiger partial charge in [0.1, 0.15) is 17.6 Å². The molecule has 3 aromatic rings. The summed E-state index contributed by atoms with van der Waals surface area (Å²) in [4.78, 5) is 31.1. The fourth-order valence-corrected chi connectivity index (χ4v) is 3.58. The van der Waals surface area contributed by atoms with Crippen molar-refractivity contribution in [2.75, 3.05) is 18.1 Å². The van der Waals surface area contributed by atoms with Gasteiger partial charge in [-0.2, -0.15) is 0 Å². The van der Waals surface area contributed by atoms with E-state index in [1.165, 1.54) is 0 Å². The van der Waals surface area contributed by atoms with Gasteiger partial charge in [-0.3, -0.25) is 9.59 Å². The largest absolute Gasteiger partial charge is 0.482 e. The van der Waals surface area contributed by atoms with Gasteiger partial charge >= 0.3 is 0 Å². The van der Waals surface area contributed by atoms with Crippen molar-refractivity contribution >= 4 is 29.1 Å². The van der Waals surface area contributed by atoms with Crippen LogP contribution in [0, 0.1) is 0 Å². The van der Waals surface area contributed by atoms with Gasteiger partial charge in [-0.1, -0.05) is 35.9 Å².